The van der Waals surface area contributed by atoms with Crippen LogP contribution in [0.1, 0.15) is 30.2 Å². The van der Waals surface area contributed by atoms with Crippen molar-refractivity contribution in [1.82, 2.24) is 19.6 Å². The van der Waals surface area contributed by atoms with Crippen molar-refractivity contribution in [1.29, 1.82) is 0 Å². The molecule has 36 heavy (non-hydrogen) atoms. The van der Waals surface area contributed by atoms with Gasteiger partial charge < -0.3 is 25.1 Å². The van der Waals surface area contributed by atoms with Gasteiger partial charge in [-0.1, -0.05) is 72.4 Å². The topological polar surface area (TPSA) is 117 Å². The SMILES string of the molecule is CSc1nc(N)c2ncc(C3(O)O[C@H](COCc4ccccc4)C[C@@]3(C)OCc3ccccc3)n2n1. The number of fused-ring (bicyclic) bond motifs is 1. The Bertz CT molecular complexity index is 1320. The number of nitrogen functional groups attached to an aromatic ring is 1. The Labute approximate surface area is 213 Å². The molecule has 5 rings (SSSR count). The van der Waals surface area contributed by atoms with E-state index in [2.05, 4.69) is 15.1 Å². The number of nitrogens with two attached hydrogens (primary N) is 1. The Hall–Kier alpha value is -3.02. The van der Waals surface area contributed by atoms with Crippen LogP contribution < -0.4 is 5.73 Å². The zero-order valence-electron chi connectivity index (χ0n) is 20.2. The molecule has 0 spiro atoms. The fourth-order valence-corrected chi connectivity index (χ4v) is 4.81. The van der Waals surface area contributed by atoms with Crippen molar-refractivity contribution in [2.75, 3.05) is 18.6 Å². The number of hydrogen-bond acceptors (Lipinski definition) is 9. The van der Waals surface area contributed by atoms with E-state index in [4.69, 9.17) is 19.9 Å². The predicted molar refractivity (Wildman–Crippen MR) is 136 cm³/mol. The van der Waals surface area contributed by atoms with Gasteiger partial charge in [-0.25, -0.2) is 14.5 Å². The highest BCUT2D eigenvalue weighted by atomic mass is 32.2. The molecule has 0 saturated carbocycles. The van der Waals surface area contributed by atoms with Gasteiger partial charge in [-0.05, 0) is 24.3 Å². The van der Waals surface area contributed by atoms with E-state index < -0.39 is 17.5 Å². The second kappa shape index (κ2) is 10.2. The Balaban J connectivity index is 1.45. The van der Waals surface area contributed by atoms with Crippen LogP contribution in [0.4, 0.5) is 5.82 Å². The Morgan fingerprint density at radius 2 is 1.78 bits per heavy atom. The Kier molecular flexibility index (Phi) is 6.96. The number of aliphatic hydroxyl groups is 1. The number of nitrogens with zero attached hydrogens (tertiary/aromatic N) is 4. The second-order valence-electron chi connectivity index (χ2n) is 8.96. The molecule has 3 N–H and O–H groups in total. The summed E-state index contributed by atoms with van der Waals surface area (Å²) in [4.78, 5) is 8.62. The number of benzene rings is 2. The maximum Gasteiger partial charge on any atom is 0.241 e. The molecule has 1 aliphatic rings. The molecule has 1 aliphatic heterocycles. The van der Waals surface area contributed by atoms with Crippen molar-refractivity contribution in [3.05, 3.63) is 83.7 Å². The monoisotopic (exact) mass is 507 g/mol. The molecular weight excluding hydrogens is 478 g/mol. The standard InChI is InChI=1S/C26H29N5O4S/c1-25(34-16-19-11-7-4-8-12-19)13-20(17-33-15-18-9-5-3-6-10-18)35-26(25,32)21-14-28-23-22(27)29-24(36-2)30-31(21)23/h3-12,14,20,32H,13,15-17H2,1-2H3,(H2,27,29,30)/t20-,25+,26?/m0/s1. The molecule has 3 heterocycles. The van der Waals surface area contributed by atoms with Crippen LogP contribution in [-0.4, -0.2) is 49.3 Å². The molecule has 9 nitrogen and oxygen atoms in total. The fraction of sp³-hybridized carbons (Fsp3) is 0.346. The van der Waals surface area contributed by atoms with Crippen LogP contribution >= 0.6 is 11.8 Å². The highest BCUT2D eigenvalue weighted by Gasteiger charge is 2.60. The predicted octanol–water partition coefficient (Wildman–Crippen LogP) is 3.55. The lowest BCUT2D eigenvalue weighted by atomic mass is 9.90. The van der Waals surface area contributed by atoms with Gasteiger partial charge in [0.1, 0.15) is 11.3 Å². The molecule has 1 saturated heterocycles. The van der Waals surface area contributed by atoms with Gasteiger partial charge in [0.05, 0.1) is 32.1 Å². The van der Waals surface area contributed by atoms with Crippen molar-refractivity contribution < 1.29 is 19.3 Å². The van der Waals surface area contributed by atoms with Gasteiger partial charge >= 0.3 is 0 Å². The highest BCUT2D eigenvalue weighted by molar-refractivity contribution is 7.98. The summed E-state index contributed by atoms with van der Waals surface area (Å²) in [5, 5.41) is 17.1. The van der Waals surface area contributed by atoms with Crippen LogP contribution in [0.3, 0.4) is 0 Å². The summed E-state index contributed by atoms with van der Waals surface area (Å²) in [5.41, 5.74) is 7.70. The third-order valence-electron chi connectivity index (χ3n) is 6.39. The Morgan fingerprint density at radius 1 is 1.11 bits per heavy atom. The molecule has 0 amide bonds. The molecule has 2 aromatic carbocycles. The van der Waals surface area contributed by atoms with Crippen LogP contribution in [-0.2, 0) is 33.2 Å². The quantitative estimate of drug-likeness (QED) is 0.328. The lowest BCUT2D eigenvalue weighted by molar-refractivity contribution is -0.288. The van der Waals surface area contributed by atoms with E-state index in [1.807, 2.05) is 73.8 Å². The average Bonchev–Trinajstić information content (AvgIpc) is 3.44. The molecule has 0 aliphatic carbocycles. The molecule has 4 aromatic rings. The summed E-state index contributed by atoms with van der Waals surface area (Å²) < 4.78 is 20.1. The molecule has 3 atom stereocenters. The maximum atomic E-state index is 12.1. The third kappa shape index (κ3) is 4.70. The van der Waals surface area contributed by atoms with Crippen LogP contribution in [0.25, 0.3) is 5.65 Å². The minimum absolute atomic E-state index is 0.219. The zero-order chi connectivity index (χ0) is 25.2. The van der Waals surface area contributed by atoms with Crippen molar-refractivity contribution >= 4 is 23.2 Å². The van der Waals surface area contributed by atoms with E-state index in [9.17, 15) is 5.11 Å². The summed E-state index contributed by atoms with van der Waals surface area (Å²) in [6.07, 6.45) is 3.34. The van der Waals surface area contributed by atoms with Gasteiger partial charge in [-0.2, -0.15) is 0 Å². The molecule has 1 fully saturated rings. The molecule has 1 unspecified atom stereocenters. The van der Waals surface area contributed by atoms with Crippen LogP contribution in [0, 0.1) is 0 Å². The summed E-state index contributed by atoms with van der Waals surface area (Å²) >= 11 is 1.34. The maximum absolute atomic E-state index is 12.1. The molecular formula is C26H29N5O4S. The van der Waals surface area contributed by atoms with E-state index in [1.165, 1.54) is 22.5 Å². The molecule has 0 radical (unpaired) electrons. The largest absolute Gasteiger partial charge is 0.380 e. The number of hydrogen-bond donors (Lipinski definition) is 2. The lowest BCUT2D eigenvalue weighted by Crippen LogP contribution is -2.49. The summed E-state index contributed by atoms with van der Waals surface area (Å²) in [7, 11) is 0. The summed E-state index contributed by atoms with van der Waals surface area (Å²) in [6, 6.07) is 19.7. The van der Waals surface area contributed by atoms with E-state index in [-0.39, 0.29) is 12.4 Å². The zero-order valence-corrected chi connectivity index (χ0v) is 21.0. The van der Waals surface area contributed by atoms with E-state index in [0.29, 0.717) is 36.1 Å². The summed E-state index contributed by atoms with van der Waals surface area (Å²) in [5.74, 6) is -1.64. The van der Waals surface area contributed by atoms with Crippen LogP contribution in [0.5, 0.6) is 0 Å². The summed E-state index contributed by atoms with van der Waals surface area (Å²) in [6.45, 7) is 2.86. The molecule has 10 heteroatoms. The van der Waals surface area contributed by atoms with Crippen molar-refractivity contribution in [2.45, 2.75) is 49.2 Å². The number of anilines is 1. The van der Waals surface area contributed by atoms with Gasteiger partial charge in [-0.3, -0.25) is 0 Å². The average molecular weight is 508 g/mol. The van der Waals surface area contributed by atoms with E-state index in [1.54, 1.807) is 0 Å². The van der Waals surface area contributed by atoms with Crippen molar-refractivity contribution in [2.24, 2.45) is 0 Å². The minimum Gasteiger partial charge on any atom is -0.380 e. The molecule has 2 aromatic heterocycles. The number of imidazole rings is 1. The second-order valence-corrected chi connectivity index (χ2v) is 9.73. The molecule has 188 valence electrons. The van der Waals surface area contributed by atoms with Crippen molar-refractivity contribution in [3.63, 3.8) is 0 Å². The normalized spacial score (nSPS) is 23.9. The first-order valence-electron chi connectivity index (χ1n) is 11.7. The van der Waals surface area contributed by atoms with Gasteiger partial charge in [-0.15, -0.1) is 5.10 Å². The van der Waals surface area contributed by atoms with Gasteiger partial charge in [0.2, 0.25) is 10.9 Å². The number of ether oxygens (including phenoxy) is 3. The number of rotatable bonds is 9. The van der Waals surface area contributed by atoms with Gasteiger partial charge in [0.25, 0.3) is 0 Å². The number of thioether (sulfide) groups is 1. The van der Waals surface area contributed by atoms with E-state index in [0.717, 1.165) is 11.1 Å². The van der Waals surface area contributed by atoms with Gasteiger partial charge in [0.15, 0.2) is 11.5 Å². The fourth-order valence-electron chi connectivity index (χ4n) is 4.46. The first-order valence-corrected chi connectivity index (χ1v) is 12.9. The Morgan fingerprint density at radius 3 is 2.44 bits per heavy atom. The first kappa shape index (κ1) is 24.7. The number of aromatic nitrogens is 4. The van der Waals surface area contributed by atoms with E-state index >= 15 is 0 Å². The molecule has 0 bridgehead atoms. The lowest BCUT2D eigenvalue weighted by Gasteiger charge is -2.36. The minimum atomic E-state index is -1.86. The highest BCUT2D eigenvalue weighted by Crippen LogP contribution is 2.48. The van der Waals surface area contributed by atoms with Gasteiger partial charge in [0, 0.05) is 6.42 Å². The third-order valence-corrected chi connectivity index (χ3v) is 6.92. The first-order chi connectivity index (χ1) is 17.4. The smallest absolute Gasteiger partial charge is 0.241 e. The van der Waals surface area contributed by atoms with Crippen LogP contribution in [0.15, 0.2) is 72.0 Å². The van der Waals surface area contributed by atoms with Crippen molar-refractivity contribution in [3.8, 4) is 0 Å². The van der Waals surface area contributed by atoms with Crippen LogP contribution in [0.2, 0.25) is 0 Å².